The summed E-state index contributed by atoms with van der Waals surface area (Å²) in [6.45, 7) is 0.332. The molecule has 0 saturated heterocycles. The van der Waals surface area contributed by atoms with Crippen LogP contribution in [0.4, 0.5) is 0 Å². The molecular formula is C19H34N6O8S. The highest BCUT2D eigenvalue weighted by atomic mass is 32.2. The number of thioether (sulfide) groups is 1. The topological polar surface area (TPSA) is 257 Å². The van der Waals surface area contributed by atoms with Crippen LogP contribution in [0.2, 0.25) is 0 Å². The largest absolute Gasteiger partial charge is 0.481 e. The second-order valence-corrected chi connectivity index (χ2v) is 8.45. The first-order chi connectivity index (χ1) is 15.9. The SMILES string of the molecule is CSCCC(N)C(=O)NC(CC(=O)O)C(=O)NC(CC(N)=O)C(=O)NC(CCCCN)C(=O)O. The summed E-state index contributed by atoms with van der Waals surface area (Å²) in [5.74, 6) is -6.02. The number of unbranched alkanes of at least 4 members (excludes halogenated alkanes) is 1. The number of amides is 4. The Morgan fingerprint density at radius 1 is 0.824 bits per heavy atom. The van der Waals surface area contributed by atoms with Crippen LogP contribution in [0.25, 0.3) is 0 Å². The Morgan fingerprint density at radius 2 is 1.35 bits per heavy atom. The Labute approximate surface area is 201 Å². The highest BCUT2D eigenvalue weighted by molar-refractivity contribution is 7.98. The third-order valence-electron chi connectivity index (χ3n) is 4.58. The van der Waals surface area contributed by atoms with E-state index in [0.29, 0.717) is 25.1 Å². The third-order valence-corrected chi connectivity index (χ3v) is 5.23. The number of hydrogen-bond donors (Lipinski definition) is 8. The van der Waals surface area contributed by atoms with Crippen molar-refractivity contribution in [3.05, 3.63) is 0 Å². The smallest absolute Gasteiger partial charge is 0.326 e. The van der Waals surface area contributed by atoms with Crippen molar-refractivity contribution in [2.24, 2.45) is 17.2 Å². The number of carbonyl (C=O) groups is 6. The maximum absolute atomic E-state index is 12.7. The minimum absolute atomic E-state index is 0.0567. The highest BCUT2D eigenvalue weighted by Gasteiger charge is 2.32. The van der Waals surface area contributed by atoms with E-state index in [2.05, 4.69) is 16.0 Å². The molecule has 0 rings (SSSR count). The van der Waals surface area contributed by atoms with Crippen LogP contribution in [0, 0.1) is 0 Å². The third kappa shape index (κ3) is 13.0. The average molecular weight is 507 g/mol. The molecule has 0 aliphatic carbocycles. The number of primary amides is 1. The van der Waals surface area contributed by atoms with Crippen LogP contribution >= 0.6 is 11.8 Å². The second-order valence-electron chi connectivity index (χ2n) is 7.46. The minimum atomic E-state index is -1.60. The van der Waals surface area contributed by atoms with E-state index in [4.69, 9.17) is 22.3 Å². The van der Waals surface area contributed by atoms with E-state index in [9.17, 15) is 33.9 Å². The van der Waals surface area contributed by atoms with E-state index in [0.717, 1.165) is 0 Å². The van der Waals surface area contributed by atoms with Gasteiger partial charge in [0.25, 0.3) is 0 Å². The van der Waals surface area contributed by atoms with Gasteiger partial charge in [0.2, 0.25) is 23.6 Å². The van der Waals surface area contributed by atoms with Gasteiger partial charge in [0, 0.05) is 0 Å². The van der Waals surface area contributed by atoms with Gasteiger partial charge in [0.1, 0.15) is 18.1 Å². The maximum Gasteiger partial charge on any atom is 0.326 e. The predicted octanol–water partition coefficient (Wildman–Crippen LogP) is -2.92. The Morgan fingerprint density at radius 3 is 1.82 bits per heavy atom. The normalized spacial score (nSPS) is 14.2. The molecule has 4 amide bonds. The van der Waals surface area contributed by atoms with E-state index < -0.39 is 72.6 Å². The molecule has 0 aromatic rings. The number of rotatable bonds is 18. The number of carbonyl (C=O) groups excluding carboxylic acids is 4. The zero-order valence-electron chi connectivity index (χ0n) is 19.0. The van der Waals surface area contributed by atoms with Gasteiger partial charge in [0.15, 0.2) is 0 Å². The van der Waals surface area contributed by atoms with Crippen LogP contribution in [0.3, 0.4) is 0 Å². The van der Waals surface area contributed by atoms with Crippen LogP contribution in [-0.2, 0) is 28.8 Å². The van der Waals surface area contributed by atoms with Gasteiger partial charge < -0.3 is 43.4 Å². The molecule has 34 heavy (non-hydrogen) atoms. The predicted molar refractivity (Wildman–Crippen MR) is 123 cm³/mol. The van der Waals surface area contributed by atoms with Crippen molar-refractivity contribution in [3.8, 4) is 0 Å². The summed E-state index contributed by atoms with van der Waals surface area (Å²) in [6, 6.07) is -5.51. The van der Waals surface area contributed by atoms with Crippen LogP contribution in [-0.4, -0.2) is 88.5 Å². The number of aliphatic carboxylic acids is 2. The summed E-state index contributed by atoms with van der Waals surface area (Å²) in [4.78, 5) is 71.6. The second kappa shape index (κ2) is 16.7. The molecule has 0 aliphatic rings. The zero-order chi connectivity index (χ0) is 26.3. The lowest BCUT2D eigenvalue weighted by Crippen LogP contribution is -2.58. The standard InChI is InChI=1S/C19H34N6O8S/c1-34-7-5-10(21)16(29)24-13(9-15(27)28)18(31)25-12(8-14(22)26)17(30)23-11(19(32)33)4-2-3-6-20/h10-13H,2-9,20-21H2,1H3,(H2,22,26)(H,23,30)(H,24,29)(H,25,31)(H,27,28)(H,32,33). The van der Waals surface area contributed by atoms with E-state index >= 15 is 0 Å². The summed E-state index contributed by atoms with van der Waals surface area (Å²) in [7, 11) is 0. The minimum Gasteiger partial charge on any atom is -0.481 e. The summed E-state index contributed by atoms with van der Waals surface area (Å²) in [5, 5.41) is 25.0. The molecule has 4 unspecified atom stereocenters. The first-order valence-corrected chi connectivity index (χ1v) is 11.9. The monoisotopic (exact) mass is 506 g/mol. The van der Waals surface area contributed by atoms with Crippen LogP contribution < -0.4 is 33.2 Å². The number of nitrogens with two attached hydrogens (primary N) is 3. The molecule has 0 fully saturated rings. The summed E-state index contributed by atoms with van der Waals surface area (Å²) in [6.07, 6.45) is 1.56. The van der Waals surface area contributed by atoms with Crippen molar-refractivity contribution in [1.82, 2.24) is 16.0 Å². The van der Waals surface area contributed by atoms with Gasteiger partial charge in [0.05, 0.1) is 18.9 Å². The van der Waals surface area contributed by atoms with Crippen LogP contribution in [0.5, 0.6) is 0 Å². The number of nitrogens with one attached hydrogen (secondary N) is 3. The van der Waals surface area contributed by atoms with Crippen molar-refractivity contribution >= 4 is 47.3 Å². The number of carboxylic acids is 2. The molecule has 15 heteroatoms. The lowest BCUT2D eigenvalue weighted by Gasteiger charge is -2.24. The summed E-state index contributed by atoms with van der Waals surface area (Å²) < 4.78 is 0. The van der Waals surface area contributed by atoms with Gasteiger partial charge in [-0.05, 0) is 44.2 Å². The highest BCUT2D eigenvalue weighted by Crippen LogP contribution is 2.05. The van der Waals surface area contributed by atoms with Crippen LogP contribution in [0.15, 0.2) is 0 Å². The van der Waals surface area contributed by atoms with Crippen LogP contribution in [0.1, 0.15) is 38.5 Å². The molecule has 0 radical (unpaired) electrons. The lowest BCUT2D eigenvalue weighted by atomic mass is 10.1. The molecule has 0 bridgehead atoms. The molecular weight excluding hydrogens is 472 g/mol. The fourth-order valence-electron chi connectivity index (χ4n) is 2.74. The Bertz CT molecular complexity index is 738. The van der Waals surface area contributed by atoms with E-state index in [1.807, 2.05) is 6.26 Å². The molecule has 0 heterocycles. The first-order valence-electron chi connectivity index (χ1n) is 10.5. The molecule has 0 saturated carbocycles. The van der Waals surface area contributed by atoms with Crippen molar-refractivity contribution in [3.63, 3.8) is 0 Å². The number of hydrogen-bond acceptors (Lipinski definition) is 9. The van der Waals surface area contributed by atoms with Gasteiger partial charge >= 0.3 is 11.9 Å². The van der Waals surface area contributed by atoms with Gasteiger partial charge in [-0.3, -0.25) is 24.0 Å². The van der Waals surface area contributed by atoms with E-state index in [-0.39, 0.29) is 12.8 Å². The summed E-state index contributed by atoms with van der Waals surface area (Å²) in [5.41, 5.74) is 16.2. The van der Waals surface area contributed by atoms with Gasteiger partial charge in [-0.25, -0.2) is 4.79 Å². The van der Waals surface area contributed by atoms with Crippen molar-refractivity contribution in [2.75, 3.05) is 18.6 Å². The molecule has 4 atom stereocenters. The van der Waals surface area contributed by atoms with E-state index in [1.54, 1.807) is 0 Å². The fourth-order valence-corrected chi connectivity index (χ4v) is 3.23. The Balaban J connectivity index is 5.45. The number of carboxylic acid groups (broad SMARTS) is 2. The van der Waals surface area contributed by atoms with Gasteiger partial charge in [-0.2, -0.15) is 11.8 Å². The maximum atomic E-state index is 12.7. The lowest BCUT2D eigenvalue weighted by molar-refractivity contribution is -0.143. The molecule has 194 valence electrons. The first kappa shape index (κ1) is 31.1. The molecule has 0 aromatic carbocycles. The molecule has 0 aromatic heterocycles. The molecule has 0 spiro atoms. The average Bonchev–Trinajstić information content (AvgIpc) is 2.74. The van der Waals surface area contributed by atoms with E-state index in [1.165, 1.54) is 11.8 Å². The van der Waals surface area contributed by atoms with Gasteiger partial charge in [-0.1, -0.05) is 0 Å². The van der Waals surface area contributed by atoms with Crippen molar-refractivity contribution in [2.45, 2.75) is 62.7 Å². The fraction of sp³-hybridized carbons (Fsp3) is 0.684. The summed E-state index contributed by atoms with van der Waals surface area (Å²) >= 11 is 1.44. The Kier molecular flexibility index (Phi) is 15.2. The van der Waals surface area contributed by atoms with Gasteiger partial charge in [-0.15, -0.1) is 0 Å². The molecule has 11 N–H and O–H groups in total. The van der Waals surface area contributed by atoms with Crippen molar-refractivity contribution in [1.29, 1.82) is 0 Å². The zero-order valence-corrected chi connectivity index (χ0v) is 19.8. The Hall–Kier alpha value is -2.91. The molecule has 0 aliphatic heterocycles. The quantitative estimate of drug-likeness (QED) is 0.0873. The molecule has 14 nitrogen and oxygen atoms in total. The van der Waals surface area contributed by atoms with Crippen molar-refractivity contribution < 1.29 is 39.0 Å².